The molecule has 0 spiro atoms. The van der Waals surface area contributed by atoms with Crippen LogP contribution in [-0.4, -0.2) is 66.4 Å². The first-order valence-electron chi connectivity index (χ1n) is 8.49. The minimum Gasteiger partial charge on any atom is -0.481 e. The Morgan fingerprint density at radius 2 is 2.16 bits per heavy atom. The maximum Gasteiger partial charge on any atom is 0.321 e. The molecule has 0 bridgehead atoms. The van der Waals surface area contributed by atoms with E-state index < -0.39 is 5.97 Å². The van der Waals surface area contributed by atoms with Gasteiger partial charge in [-0.1, -0.05) is 6.07 Å². The first-order valence-corrected chi connectivity index (χ1v) is 9.71. The minimum atomic E-state index is -0.784. The predicted octanol–water partition coefficient (Wildman–Crippen LogP) is 3.06. The lowest BCUT2D eigenvalue weighted by atomic mass is 9.87. The molecule has 0 unspecified atom stereocenters. The number of amides is 2. The Morgan fingerprint density at radius 1 is 1.40 bits per heavy atom. The number of carbonyl (C=O) groups excluding carboxylic acids is 1. The molecule has 2 atom stereocenters. The van der Waals surface area contributed by atoms with Gasteiger partial charge < -0.3 is 20.2 Å². The number of piperidine rings is 1. The zero-order chi connectivity index (χ0) is 18.4. The van der Waals surface area contributed by atoms with Crippen LogP contribution in [0.3, 0.4) is 0 Å². The molecule has 7 heteroatoms. The summed E-state index contributed by atoms with van der Waals surface area (Å²) in [5, 5.41) is 11.9. The van der Waals surface area contributed by atoms with E-state index in [9.17, 15) is 9.59 Å². The maximum absolute atomic E-state index is 12.6. The molecule has 0 radical (unpaired) electrons. The molecule has 1 saturated heterocycles. The van der Waals surface area contributed by atoms with E-state index in [4.69, 9.17) is 5.11 Å². The highest BCUT2D eigenvalue weighted by Crippen LogP contribution is 2.26. The number of hydrogen-bond donors (Lipinski definition) is 2. The molecule has 0 saturated carbocycles. The van der Waals surface area contributed by atoms with Gasteiger partial charge in [-0.15, -0.1) is 11.8 Å². The van der Waals surface area contributed by atoms with E-state index >= 15 is 0 Å². The van der Waals surface area contributed by atoms with Gasteiger partial charge in [0.05, 0.1) is 0 Å². The first-order chi connectivity index (χ1) is 11.9. The van der Waals surface area contributed by atoms with E-state index in [2.05, 4.69) is 10.2 Å². The molecule has 1 heterocycles. The van der Waals surface area contributed by atoms with Crippen LogP contribution in [0, 0.1) is 5.92 Å². The van der Waals surface area contributed by atoms with Crippen molar-refractivity contribution in [1.29, 1.82) is 0 Å². The molecule has 1 fully saturated rings. The molecule has 1 aromatic rings. The molecule has 2 rings (SSSR count). The fourth-order valence-electron chi connectivity index (χ4n) is 3.38. The monoisotopic (exact) mass is 365 g/mol. The minimum absolute atomic E-state index is 0.115. The zero-order valence-electron chi connectivity index (χ0n) is 15.1. The number of thioether (sulfide) groups is 1. The smallest absolute Gasteiger partial charge is 0.321 e. The van der Waals surface area contributed by atoms with Crippen molar-refractivity contribution in [3.63, 3.8) is 0 Å². The molecule has 1 aliphatic rings. The Kier molecular flexibility index (Phi) is 7.13. The van der Waals surface area contributed by atoms with Gasteiger partial charge in [0, 0.05) is 36.1 Å². The van der Waals surface area contributed by atoms with Crippen LogP contribution in [-0.2, 0) is 4.79 Å². The SMILES string of the molecule is CSc1cccc(NC(=O)N2CC[C@H](N(C)C)[C@H](CCC(=O)O)C2)c1. The van der Waals surface area contributed by atoms with Gasteiger partial charge in [-0.25, -0.2) is 4.79 Å². The van der Waals surface area contributed by atoms with Crippen LogP contribution in [0.15, 0.2) is 29.2 Å². The van der Waals surface area contributed by atoms with Crippen molar-refractivity contribution in [1.82, 2.24) is 9.80 Å². The largest absolute Gasteiger partial charge is 0.481 e. The van der Waals surface area contributed by atoms with Gasteiger partial charge in [-0.2, -0.15) is 0 Å². The van der Waals surface area contributed by atoms with Gasteiger partial charge in [0.25, 0.3) is 0 Å². The second kappa shape index (κ2) is 9.10. The van der Waals surface area contributed by atoms with Crippen molar-refractivity contribution < 1.29 is 14.7 Å². The summed E-state index contributed by atoms with van der Waals surface area (Å²) in [5.41, 5.74) is 0.786. The molecule has 2 amide bonds. The average molecular weight is 365 g/mol. The number of carboxylic acid groups (broad SMARTS) is 1. The number of anilines is 1. The van der Waals surface area contributed by atoms with Crippen molar-refractivity contribution in [2.75, 3.05) is 38.8 Å². The number of hydrogen-bond acceptors (Lipinski definition) is 4. The van der Waals surface area contributed by atoms with E-state index in [1.165, 1.54) is 0 Å². The summed E-state index contributed by atoms with van der Waals surface area (Å²) in [7, 11) is 4.03. The molecule has 6 nitrogen and oxygen atoms in total. The summed E-state index contributed by atoms with van der Waals surface area (Å²) in [6.07, 6.45) is 3.58. The number of rotatable bonds is 6. The number of nitrogens with zero attached hydrogens (tertiary/aromatic N) is 2. The number of carbonyl (C=O) groups is 2. The van der Waals surface area contributed by atoms with Crippen molar-refractivity contribution in [2.45, 2.75) is 30.2 Å². The van der Waals surface area contributed by atoms with Gasteiger partial charge in [0.1, 0.15) is 0 Å². The second-order valence-corrected chi connectivity index (χ2v) is 7.50. The average Bonchev–Trinajstić information content (AvgIpc) is 2.59. The summed E-state index contributed by atoms with van der Waals surface area (Å²) < 4.78 is 0. The summed E-state index contributed by atoms with van der Waals surface area (Å²) in [5.74, 6) is -0.615. The molecular formula is C18H27N3O3S. The van der Waals surface area contributed by atoms with Crippen LogP contribution in [0.5, 0.6) is 0 Å². The predicted molar refractivity (Wildman–Crippen MR) is 101 cm³/mol. The molecule has 2 N–H and O–H groups in total. The number of nitrogens with one attached hydrogen (secondary N) is 1. The van der Waals surface area contributed by atoms with Crippen molar-refractivity contribution in [3.8, 4) is 0 Å². The van der Waals surface area contributed by atoms with Gasteiger partial charge in [0.15, 0.2) is 0 Å². The summed E-state index contributed by atoms with van der Waals surface area (Å²) >= 11 is 1.63. The lowest BCUT2D eigenvalue weighted by Crippen LogP contribution is -2.51. The van der Waals surface area contributed by atoms with Gasteiger partial charge in [-0.05, 0) is 57.3 Å². The summed E-state index contributed by atoms with van der Waals surface area (Å²) in [6, 6.07) is 7.96. The highest BCUT2D eigenvalue weighted by Gasteiger charge is 2.32. The maximum atomic E-state index is 12.6. The first kappa shape index (κ1) is 19.6. The number of urea groups is 1. The third kappa shape index (κ3) is 5.64. The van der Waals surface area contributed by atoms with Crippen LogP contribution in [0.4, 0.5) is 10.5 Å². The number of benzene rings is 1. The summed E-state index contributed by atoms with van der Waals surface area (Å²) in [4.78, 5) is 28.6. The van der Waals surface area contributed by atoms with E-state index in [-0.39, 0.29) is 18.4 Å². The quantitative estimate of drug-likeness (QED) is 0.758. The molecule has 25 heavy (non-hydrogen) atoms. The van der Waals surface area contributed by atoms with E-state index in [1.807, 2.05) is 44.6 Å². The van der Waals surface area contributed by atoms with Gasteiger partial charge in [-0.3, -0.25) is 4.79 Å². The molecule has 0 aromatic heterocycles. The molecular weight excluding hydrogens is 338 g/mol. The normalized spacial score (nSPS) is 20.6. The van der Waals surface area contributed by atoms with E-state index in [0.29, 0.717) is 25.6 Å². The Balaban J connectivity index is 2.00. The van der Waals surface area contributed by atoms with Crippen LogP contribution in [0.25, 0.3) is 0 Å². The Morgan fingerprint density at radius 3 is 2.80 bits per heavy atom. The van der Waals surface area contributed by atoms with Crippen LogP contribution < -0.4 is 5.32 Å². The molecule has 138 valence electrons. The van der Waals surface area contributed by atoms with Crippen LogP contribution in [0.1, 0.15) is 19.3 Å². The second-order valence-electron chi connectivity index (χ2n) is 6.62. The van der Waals surface area contributed by atoms with E-state index in [1.54, 1.807) is 16.7 Å². The summed E-state index contributed by atoms with van der Waals surface area (Å²) in [6.45, 7) is 1.27. The fourth-order valence-corrected chi connectivity index (χ4v) is 3.84. The van der Waals surface area contributed by atoms with E-state index in [0.717, 1.165) is 17.0 Å². The Hall–Kier alpha value is -1.73. The third-order valence-electron chi connectivity index (χ3n) is 4.69. The fraction of sp³-hybridized carbons (Fsp3) is 0.556. The van der Waals surface area contributed by atoms with Crippen molar-refractivity contribution >= 4 is 29.4 Å². The number of carboxylic acids is 1. The number of likely N-dealkylation sites (tertiary alicyclic amines) is 1. The van der Waals surface area contributed by atoms with Crippen molar-refractivity contribution in [3.05, 3.63) is 24.3 Å². The van der Waals surface area contributed by atoms with Gasteiger partial charge in [0.2, 0.25) is 0 Å². The Bertz CT molecular complexity index is 609. The lowest BCUT2D eigenvalue weighted by molar-refractivity contribution is -0.137. The van der Waals surface area contributed by atoms with Crippen LogP contribution in [0.2, 0.25) is 0 Å². The van der Waals surface area contributed by atoms with Crippen LogP contribution >= 0.6 is 11.8 Å². The van der Waals surface area contributed by atoms with Gasteiger partial charge >= 0.3 is 12.0 Å². The topological polar surface area (TPSA) is 72.9 Å². The highest BCUT2D eigenvalue weighted by atomic mass is 32.2. The number of aliphatic carboxylic acids is 1. The lowest BCUT2D eigenvalue weighted by Gasteiger charge is -2.41. The highest BCUT2D eigenvalue weighted by molar-refractivity contribution is 7.98. The molecule has 1 aliphatic heterocycles. The standard InChI is InChI=1S/C18H27N3O3S/c1-20(2)16-9-10-21(12-13(16)7-8-17(22)23)18(24)19-14-5-4-6-15(11-14)25-3/h4-6,11,13,16H,7-10,12H2,1-3H3,(H,19,24)(H,22,23)/t13-,16+/m1/s1. The molecule has 1 aromatic carbocycles. The Labute approximate surface area is 153 Å². The van der Waals surface area contributed by atoms with Crippen molar-refractivity contribution in [2.24, 2.45) is 5.92 Å². The third-order valence-corrected chi connectivity index (χ3v) is 5.42. The molecule has 0 aliphatic carbocycles. The zero-order valence-corrected chi connectivity index (χ0v) is 15.9.